The molecule has 210 valence electrons. The Balaban J connectivity index is 1.57. The van der Waals surface area contributed by atoms with Crippen molar-refractivity contribution in [3.8, 4) is 17.2 Å². The van der Waals surface area contributed by atoms with E-state index in [1.54, 1.807) is 18.2 Å². The zero-order chi connectivity index (χ0) is 28.4. The number of halogens is 4. The number of sulfonamides is 1. The van der Waals surface area contributed by atoms with Crippen LogP contribution in [0.15, 0.2) is 58.0 Å². The monoisotopic (exact) mass is 630 g/mol. The topological polar surface area (TPSA) is 102 Å². The minimum absolute atomic E-state index is 0.0798. The fraction of sp³-hybridized carbons (Fsp3) is 0.320. The highest BCUT2D eigenvalue weighted by Gasteiger charge is 2.36. The van der Waals surface area contributed by atoms with Crippen LogP contribution < -0.4 is 24.2 Å². The molecule has 0 radical (unpaired) electrons. The van der Waals surface area contributed by atoms with Gasteiger partial charge in [0.2, 0.25) is 0 Å². The van der Waals surface area contributed by atoms with Gasteiger partial charge in [0.15, 0.2) is 11.5 Å². The molecule has 0 aliphatic carbocycles. The third-order valence-electron chi connectivity index (χ3n) is 5.96. The Morgan fingerprint density at radius 3 is 2.49 bits per heavy atom. The average molecular weight is 631 g/mol. The third-order valence-corrected chi connectivity index (χ3v) is 7.92. The fourth-order valence-electron chi connectivity index (χ4n) is 4.07. The van der Waals surface area contributed by atoms with Gasteiger partial charge in [-0.1, -0.05) is 6.07 Å². The maximum Gasteiger partial charge on any atom is 0.419 e. The quantitative estimate of drug-likeness (QED) is 0.319. The van der Waals surface area contributed by atoms with Gasteiger partial charge in [0.25, 0.3) is 10.0 Å². The van der Waals surface area contributed by atoms with Gasteiger partial charge in [0, 0.05) is 25.4 Å². The largest absolute Gasteiger partial charge is 0.493 e. The third kappa shape index (κ3) is 6.68. The highest BCUT2D eigenvalue weighted by molar-refractivity contribution is 9.10. The molecular formula is C25H26BrF3N4O5S. The van der Waals surface area contributed by atoms with Crippen LogP contribution in [-0.4, -0.2) is 58.8 Å². The molecule has 1 aromatic heterocycles. The van der Waals surface area contributed by atoms with Crippen LogP contribution in [0, 0.1) is 0 Å². The van der Waals surface area contributed by atoms with Crippen LogP contribution in [0.4, 0.5) is 30.4 Å². The van der Waals surface area contributed by atoms with Gasteiger partial charge in [-0.3, -0.25) is 4.72 Å². The van der Waals surface area contributed by atoms with E-state index in [-0.39, 0.29) is 10.6 Å². The second-order valence-electron chi connectivity index (χ2n) is 8.77. The number of alkyl halides is 3. The minimum atomic E-state index is -4.67. The van der Waals surface area contributed by atoms with Crippen molar-refractivity contribution in [2.75, 3.05) is 44.4 Å². The Morgan fingerprint density at radius 1 is 1.10 bits per heavy atom. The number of hydrogen-bond acceptors (Lipinski definition) is 8. The van der Waals surface area contributed by atoms with Gasteiger partial charge in [-0.05, 0) is 59.7 Å². The smallest absolute Gasteiger partial charge is 0.419 e. The van der Waals surface area contributed by atoms with Gasteiger partial charge in [0.05, 0.1) is 35.6 Å². The first-order valence-electron chi connectivity index (χ1n) is 11.6. The van der Waals surface area contributed by atoms with E-state index < -0.39 is 33.6 Å². The average Bonchev–Trinajstić information content (AvgIpc) is 3.28. The Kier molecular flexibility index (Phi) is 8.47. The lowest BCUT2D eigenvalue weighted by Crippen LogP contribution is -2.23. The zero-order valence-electron chi connectivity index (χ0n) is 21.2. The predicted octanol–water partition coefficient (Wildman–Crippen LogP) is 5.51. The molecule has 1 saturated heterocycles. The molecular weight excluding hydrogens is 605 g/mol. The highest BCUT2D eigenvalue weighted by Crippen LogP contribution is 2.40. The van der Waals surface area contributed by atoms with Crippen molar-refractivity contribution in [1.29, 1.82) is 0 Å². The molecule has 2 heterocycles. The minimum Gasteiger partial charge on any atom is -0.493 e. The molecule has 0 spiro atoms. The summed E-state index contributed by atoms with van der Waals surface area (Å²) >= 11 is 3.32. The number of nitrogens with zero attached hydrogens (tertiary/aromatic N) is 2. The number of rotatable bonds is 9. The first-order valence-corrected chi connectivity index (χ1v) is 13.9. The summed E-state index contributed by atoms with van der Waals surface area (Å²) in [6.07, 6.45) is -3.42. The van der Waals surface area contributed by atoms with E-state index in [2.05, 4.69) is 31.0 Å². The van der Waals surface area contributed by atoms with Gasteiger partial charge in [-0.15, -0.1) is 0 Å². The molecule has 3 aromatic rings. The second-order valence-corrected chi connectivity index (χ2v) is 11.3. The molecule has 0 amide bonds. The number of likely N-dealkylation sites (N-methyl/N-ethyl adjacent to an activating group) is 1. The zero-order valence-corrected chi connectivity index (χ0v) is 23.6. The van der Waals surface area contributed by atoms with E-state index in [9.17, 15) is 21.6 Å². The number of para-hydroxylation sites is 1. The molecule has 39 heavy (non-hydrogen) atoms. The number of nitrogens with one attached hydrogen (secondary N) is 2. The van der Waals surface area contributed by atoms with E-state index >= 15 is 0 Å². The Hall–Kier alpha value is -3.23. The molecule has 0 saturated carbocycles. The summed E-state index contributed by atoms with van der Waals surface area (Å²) < 4.78 is 85.9. The van der Waals surface area contributed by atoms with Gasteiger partial charge in [-0.2, -0.15) is 13.2 Å². The Bertz CT molecular complexity index is 1460. The van der Waals surface area contributed by atoms with E-state index in [0.717, 1.165) is 24.4 Å². The molecule has 0 bridgehead atoms. The molecule has 1 aliphatic heterocycles. The number of likely N-dealkylation sites (tertiary alicyclic amines) is 1. The van der Waals surface area contributed by atoms with Gasteiger partial charge in [0.1, 0.15) is 22.6 Å². The van der Waals surface area contributed by atoms with Crippen molar-refractivity contribution in [2.45, 2.75) is 23.6 Å². The summed E-state index contributed by atoms with van der Waals surface area (Å²) in [6.45, 7) is 1.16. The van der Waals surface area contributed by atoms with E-state index in [4.69, 9.17) is 14.2 Å². The lowest BCUT2D eigenvalue weighted by atomic mass is 10.1. The lowest BCUT2D eigenvalue weighted by molar-refractivity contribution is -0.139. The summed E-state index contributed by atoms with van der Waals surface area (Å²) in [6, 6.07) is 9.41. The number of pyridine rings is 1. The fourth-order valence-corrected chi connectivity index (χ4v) is 5.69. The molecule has 1 atom stereocenters. The number of benzene rings is 2. The lowest BCUT2D eigenvalue weighted by Gasteiger charge is -2.19. The summed E-state index contributed by atoms with van der Waals surface area (Å²) in [5.74, 6) is 0.778. The molecule has 2 aromatic carbocycles. The first-order chi connectivity index (χ1) is 18.4. The number of ether oxygens (including phenoxy) is 3. The molecule has 1 aliphatic rings. The summed E-state index contributed by atoms with van der Waals surface area (Å²) in [7, 11) is 0.620. The van der Waals surface area contributed by atoms with Crippen molar-refractivity contribution in [3.05, 3.63) is 58.7 Å². The molecule has 14 heteroatoms. The number of hydrogen-bond donors (Lipinski definition) is 2. The Labute approximate surface area is 232 Å². The Morgan fingerprint density at radius 2 is 1.87 bits per heavy atom. The molecule has 0 unspecified atom stereocenters. The maximum atomic E-state index is 13.6. The number of anilines is 3. The molecule has 1 fully saturated rings. The van der Waals surface area contributed by atoms with Gasteiger partial charge >= 0.3 is 6.18 Å². The SMILES string of the molecule is COc1cccc(Nc2ncc(S(=O)(=O)Nc3ccc(C(F)(F)F)c(O[C@@H]4CCN(C)C4)c3)cc2Br)c1OC. The van der Waals surface area contributed by atoms with Crippen molar-refractivity contribution < 1.29 is 35.8 Å². The molecule has 4 rings (SSSR count). The van der Waals surface area contributed by atoms with Crippen LogP contribution in [-0.2, 0) is 16.2 Å². The number of aromatic nitrogens is 1. The van der Waals surface area contributed by atoms with E-state index in [1.165, 1.54) is 20.3 Å². The summed E-state index contributed by atoms with van der Waals surface area (Å²) in [4.78, 5) is 5.93. The highest BCUT2D eigenvalue weighted by atomic mass is 79.9. The van der Waals surface area contributed by atoms with Crippen LogP contribution in [0.1, 0.15) is 12.0 Å². The maximum absolute atomic E-state index is 13.6. The van der Waals surface area contributed by atoms with Crippen molar-refractivity contribution >= 4 is 43.1 Å². The van der Waals surface area contributed by atoms with E-state index in [1.807, 2.05) is 11.9 Å². The van der Waals surface area contributed by atoms with Crippen molar-refractivity contribution in [2.24, 2.45) is 0 Å². The van der Waals surface area contributed by atoms with Crippen molar-refractivity contribution in [3.63, 3.8) is 0 Å². The van der Waals surface area contributed by atoms with Gasteiger partial charge in [-0.25, -0.2) is 13.4 Å². The van der Waals surface area contributed by atoms with Crippen LogP contribution in [0.5, 0.6) is 17.2 Å². The predicted molar refractivity (Wildman–Crippen MR) is 144 cm³/mol. The van der Waals surface area contributed by atoms with Crippen LogP contribution in [0.2, 0.25) is 0 Å². The second kappa shape index (κ2) is 11.5. The molecule has 2 N–H and O–H groups in total. The van der Waals surface area contributed by atoms with Crippen molar-refractivity contribution in [1.82, 2.24) is 9.88 Å². The standard InChI is InChI=1S/C25H26BrF3N4O5S/c1-33-10-9-16(14-33)38-22-11-15(7-8-18(22)25(27,28)29)32-39(34,35)17-12-19(26)24(30-13-17)31-20-5-4-6-21(36-2)23(20)37-3/h4-8,11-13,16,32H,9-10,14H2,1-3H3,(H,30,31)/t16-/m1/s1. The number of methoxy groups -OCH3 is 2. The summed E-state index contributed by atoms with van der Waals surface area (Å²) in [5.41, 5.74) is -0.527. The normalized spacial score (nSPS) is 16.1. The van der Waals surface area contributed by atoms with E-state index in [0.29, 0.717) is 47.0 Å². The van der Waals surface area contributed by atoms with Crippen LogP contribution >= 0.6 is 15.9 Å². The van der Waals surface area contributed by atoms with Crippen LogP contribution in [0.25, 0.3) is 0 Å². The summed E-state index contributed by atoms with van der Waals surface area (Å²) in [5, 5.41) is 3.06. The van der Waals surface area contributed by atoms with Crippen LogP contribution in [0.3, 0.4) is 0 Å². The van der Waals surface area contributed by atoms with Gasteiger partial charge < -0.3 is 24.4 Å². The molecule has 9 nitrogen and oxygen atoms in total. The first kappa shape index (κ1) is 28.8.